The lowest BCUT2D eigenvalue weighted by Crippen LogP contribution is -2.54. The van der Waals surface area contributed by atoms with Gasteiger partial charge in [0.05, 0.1) is 11.3 Å². The van der Waals surface area contributed by atoms with Gasteiger partial charge >= 0.3 is 12.0 Å². The van der Waals surface area contributed by atoms with Gasteiger partial charge < -0.3 is 9.84 Å². The van der Waals surface area contributed by atoms with Gasteiger partial charge in [0.2, 0.25) is 0 Å². The quantitative estimate of drug-likeness (QED) is 0.350. The zero-order valence-electron chi connectivity index (χ0n) is 18.4. The fraction of sp³-hybridized carbons (Fsp3) is 0.0769. The summed E-state index contributed by atoms with van der Waals surface area (Å²) < 4.78 is 6.59. The summed E-state index contributed by atoms with van der Waals surface area (Å²) in [7, 11) is 0. The maximum absolute atomic E-state index is 13.2. The number of nitrogens with one attached hydrogen (secondary N) is 1. The molecule has 4 rings (SSSR count). The number of carbonyl (C=O) groups excluding carboxylic acids is 3. The maximum atomic E-state index is 13.2. The number of halogens is 1. The molecule has 0 spiro atoms. The van der Waals surface area contributed by atoms with Crippen LogP contribution in [-0.2, 0) is 16.2 Å². The van der Waals surface area contributed by atoms with E-state index in [0.29, 0.717) is 21.5 Å². The molecule has 35 heavy (non-hydrogen) atoms. The van der Waals surface area contributed by atoms with Crippen molar-refractivity contribution in [1.82, 2.24) is 5.32 Å². The molecule has 9 heteroatoms. The van der Waals surface area contributed by atoms with Crippen LogP contribution >= 0.6 is 15.9 Å². The Morgan fingerprint density at radius 3 is 2.37 bits per heavy atom. The van der Waals surface area contributed by atoms with Crippen molar-refractivity contribution in [3.8, 4) is 5.75 Å². The van der Waals surface area contributed by atoms with Gasteiger partial charge in [-0.3, -0.25) is 14.9 Å². The number of benzene rings is 3. The summed E-state index contributed by atoms with van der Waals surface area (Å²) in [4.78, 5) is 50.1. The summed E-state index contributed by atoms with van der Waals surface area (Å²) in [5.74, 6) is -2.19. The van der Waals surface area contributed by atoms with Crippen LogP contribution in [0.3, 0.4) is 0 Å². The van der Waals surface area contributed by atoms with Gasteiger partial charge in [0.15, 0.2) is 0 Å². The first kappa shape index (κ1) is 23.9. The zero-order valence-corrected chi connectivity index (χ0v) is 20.0. The predicted molar refractivity (Wildman–Crippen MR) is 132 cm³/mol. The number of hydrogen-bond acceptors (Lipinski definition) is 5. The molecule has 1 fully saturated rings. The van der Waals surface area contributed by atoms with E-state index in [4.69, 9.17) is 9.84 Å². The van der Waals surface area contributed by atoms with Crippen LogP contribution in [0.1, 0.15) is 27.0 Å². The Morgan fingerprint density at radius 1 is 1.03 bits per heavy atom. The molecule has 8 nitrogen and oxygen atoms in total. The number of hydrogen-bond donors (Lipinski definition) is 2. The number of nitrogens with zero attached hydrogens (tertiary/aromatic N) is 1. The van der Waals surface area contributed by atoms with Crippen molar-refractivity contribution in [2.45, 2.75) is 13.5 Å². The topological polar surface area (TPSA) is 113 Å². The van der Waals surface area contributed by atoms with E-state index in [1.807, 2.05) is 6.92 Å². The number of amides is 4. The molecular weight excluding hydrogens is 516 g/mol. The summed E-state index contributed by atoms with van der Waals surface area (Å²) in [6, 6.07) is 17.3. The lowest BCUT2D eigenvalue weighted by Gasteiger charge is -2.26. The molecule has 0 saturated carbocycles. The number of ether oxygens (including phenoxy) is 1. The summed E-state index contributed by atoms with van der Waals surface area (Å²) in [6.45, 7) is 2.01. The molecule has 3 aromatic carbocycles. The monoisotopic (exact) mass is 534 g/mol. The molecule has 0 radical (unpaired) electrons. The van der Waals surface area contributed by atoms with Gasteiger partial charge in [-0.15, -0.1) is 0 Å². The van der Waals surface area contributed by atoms with Gasteiger partial charge in [-0.2, -0.15) is 0 Å². The highest BCUT2D eigenvalue weighted by atomic mass is 79.9. The van der Waals surface area contributed by atoms with Gasteiger partial charge in [-0.25, -0.2) is 14.5 Å². The lowest BCUT2D eigenvalue weighted by molar-refractivity contribution is -0.122. The third-order valence-electron chi connectivity index (χ3n) is 5.26. The molecule has 4 amide bonds. The molecule has 1 aliphatic heterocycles. The molecule has 2 N–H and O–H groups in total. The molecule has 0 aromatic heterocycles. The Hall–Kier alpha value is -4.24. The van der Waals surface area contributed by atoms with Crippen LogP contribution in [-0.4, -0.2) is 28.9 Å². The van der Waals surface area contributed by atoms with E-state index in [2.05, 4.69) is 21.2 Å². The van der Waals surface area contributed by atoms with Crippen LogP contribution in [0.2, 0.25) is 0 Å². The molecule has 0 atom stereocenters. The number of barbiturate groups is 1. The second kappa shape index (κ2) is 9.94. The number of urea groups is 1. The second-order valence-electron chi connectivity index (χ2n) is 7.77. The standard InChI is InChI=1S/C26H19BrN2O6/c1-15-2-9-20(10-3-15)29-24(31)21(23(30)28-26(29)34)13-18-12-19(27)8-11-22(18)35-14-16-4-6-17(7-5-16)25(32)33/h2-13H,14H2,1H3,(H,32,33)(H,28,30,34)/b21-13+. The number of rotatable bonds is 6. The first-order valence-corrected chi connectivity index (χ1v) is 11.2. The number of carboxylic acid groups (broad SMARTS) is 1. The van der Waals surface area contributed by atoms with E-state index in [0.717, 1.165) is 16.0 Å². The number of aromatic carboxylic acids is 1. The van der Waals surface area contributed by atoms with Crippen molar-refractivity contribution in [2.24, 2.45) is 0 Å². The van der Waals surface area contributed by atoms with Gasteiger partial charge in [0, 0.05) is 10.0 Å². The fourth-order valence-corrected chi connectivity index (χ4v) is 3.79. The average Bonchev–Trinajstić information content (AvgIpc) is 2.82. The van der Waals surface area contributed by atoms with Crippen molar-refractivity contribution in [2.75, 3.05) is 4.90 Å². The highest BCUT2D eigenvalue weighted by Crippen LogP contribution is 2.29. The molecule has 0 aliphatic carbocycles. The first-order chi connectivity index (χ1) is 16.7. The summed E-state index contributed by atoms with van der Waals surface area (Å²) in [5.41, 5.74) is 2.42. The highest BCUT2D eigenvalue weighted by Gasteiger charge is 2.37. The van der Waals surface area contributed by atoms with E-state index in [1.54, 1.807) is 54.6 Å². The number of aryl methyl sites for hydroxylation is 1. The Bertz CT molecular complexity index is 1360. The molecule has 0 bridgehead atoms. The molecule has 3 aromatic rings. The average molecular weight is 535 g/mol. The minimum atomic E-state index is -1.02. The number of imide groups is 2. The fourth-order valence-electron chi connectivity index (χ4n) is 3.41. The van der Waals surface area contributed by atoms with E-state index >= 15 is 0 Å². The third kappa shape index (κ3) is 5.30. The largest absolute Gasteiger partial charge is 0.488 e. The van der Waals surface area contributed by atoms with Crippen LogP contribution in [0.25, 0.3) is 6.08 Å². The molecule has 1 heterocycles. The minimum absolute atomic E-state index is 0.131. The van der Waals surface area contributed by atoms with E-state index in [-0.39, 0.29) is 17.7 Å². The summed E-state index contributed by atoms with van der Waals surface area (Å²) in [6.07, 6.45) is 1.37. The third-order valence-corrected chi connectivity index (χ3v) is 5.75. The lowest BCUT2D eigenvalue weighted by atomic mass is 10.1. The second-order valence-corrected chi connectivity index (χ2v) is 8.68. The van der Waals surface area contributed by atoms with Crippen LogP contribution < -0.4 is 15.0 Å². The Balaban J connectivity index is 1.63. The highest BCUT2D eigenvalue weighted by molar-refractivity contribution is 9.10. The number of carboxylic acids is 1. The Kier molecular flexibility index (Phi) is 6.79. The molecule has 1 saturated heterocycles. The minimum Gasteiger partial charge on any atom is -0.488 e. The van der Waals surface area contributed by atoms with Crippen molar-refractivity contribution < 1.29 is 29.0 Å². The summed E-state index contributed by atoms with van der Waals surface area (Å²) >= 11 is 3.38. The van der Waals surface area contributed by atoms with Crippen molar-refractivity contribution in [3.05, 3.63) is 99.0 Å². The van der Waals surface area contributed by atoms with Crippen LogP contribution in [0.5, 0.6) is 5.75 Å². The number of carbonyl (C=O) groups is 4. The first-order valence-electron chi connectivity index (χ1n) is 10.5. The van der Waals surface area contributed by atoms with Gasteiger partial charge in [-0.1, -0.05) is 45.8 Å². The van der Waals surface area contributed by atoms with Gasteiger partial charge in [0.25, 0.3) is 11.8 Å². The van der Waals surface area contributed by atoms with Crippen LogP contribution in [0.15, 0.2) is 76.8 Å². The summed E-state index contributed by atoms with van der Waals surface area (Å²) in [5, 5.41) is 11.2. The number of anilines is 1. The Labute approximate surface area is 209 Å². The maximum Gasteiger partial charge on any atom is 0.335 e. The van der Waals surface area contributed by atoms with E-state index in [1.165, 1.54) is 18.2 Å². The van der Waals surface area contributed by atoms with E-state index in [9.17, 15) is 19.2 Å². The molecular formula is C26H19BrN2O6. The van der Waals surface area contributed by atoms with Crippen LogP contribution in [0.4, 0.5) is 10.5 Å². The van der Waals surface area contributed by atoms with Crippen molar-refractivity contribution >= 4 is 51.5 Å². The SMILES string of the molecule is Cc1ccc(N2C(=O)NC(=O)/C(=C\c3cc(Br)ccc3OCc3ccc(C(=O)O)cc3)C2=O)cc1. The molecule has 176 valence electrons. The predicted octanol–water partition coefficient (Wildman–Crippen LogP) is 4.70. The van der Waals surface area contributed by atoms with E-state index < -0.39 is 23.8 Å². The molecule has 1 aliphatic rings. The van der Waals surface area contributed by atoms with Gasteiger partial charge in [-0.05, 0) is 61.0 Å². The van der Waals surface area contributed by atoms with Gasteiger partial charge in [0.1, 0.15) is 17.9 Å². The molecule has 0 unspecified atom stereocenters. The Morgan fingerprint density at radius 2 is 1.71 bits per heavy atom. The zero-order chi connectivity index (χ0) is 25.1. The van der Waals surface area contributed by atoms with Crippen molar-refractivity contribution in [3.63, 3.8) is 0 Å². The van der Waals surface area contributed by atoms with Crippen LogP contribution in [0, 0.1) is 6.92 Å². The van der Waals surface area contributed by atoms with Crippen molar-refractivity contribution in [1.29, 1.82) is 0 Å². The smallest absolute Gasteiger partial charge is 0.335 e. The normalized spacial score (nSPS) is 14.7.